The number of anilines is 1. The standard InChI is InChI=1S/C17H17F2N3O4/c1-17(14(23)24)6-8-22(9-17)16(25)21-11-4-5-12(26-15(18)19)13-10(11)3-2-7-20-13/h2-5,7,15H,6,8-9H2,1H3,(H,21,25)(H,23,24). The van der Waals surface area contributed by atoms with Gasteiger partial charge in [0.1, 0.15) is 5.52 Å². The van der Waals surface area contributed by atoms with E-state index >= 15 is 0 Å². The molecule has 26 heavy (non-hydrogen) atoms. The van der Waals surface area contributed by atoms with E-state index in [1.807, 2.05) is 0 Å². The summed E-state index contributed by atoms with van der Waals surface area (Å²) in [6.07, 6.45) is 1.80. The summed E-state index contributed by atoms with van der Waals surface area (Å²) in [4.78, 5) is 29.3. The van der Waals surface area contributed by atoms with E-state index in [1.54, 1.807) is 19.1 Å². The van der Waals surface area contributed by atoms with Crippen molar-refractivity contribution in [3.8, 4) is 5.75 Å². The molecule has 1 fully saturated rings. The van der Waals surface area contributed by atoms with Crippen LogP contribution in [0.5, 0.6) is 5.75 Å². The molecule has 1 unspecified atom stereocenters. The smallest absolute Gasteiger partial charge is 0.387 e. The minimum absolute atomic E-state index is 0.0896. The highest BCUT2D eigenvalue weighted by atomic mass is 19.3. The normalized spacial score (nSPS) is 19.8. The number of carbonyl (C=O) groups excluding carboxylic acids is 1. The maximum Gasteiger partial charge on any atom is 0.387 e. The fourth-order valence-electron chi connectivity index (χ4n) is 2.95. The van der Waals surface area contributed by atoms with Crippen LogP contribution in [0.4, 0.5) is 19.3 Å². The Morgan fingerprint density at radius 3 is 2.81 bits per heavy atom. The number of hydrogen-bond donors (Lipinski definition) is 2. The molecule has 0 saturated carbocycles. The third-order valence-electron chi connectivity index (χ3n) is 4.47. The van der Waals surface area contributed by atoms with Gasteiger partial charge in [0.25, 0.3) is 0 Å². The average molecular weight is 365 g/mol. The highest BCUT2D eigenvalue weighted by Crippen LogP contribution is 2.33. The van der Waals surface area contributed by atoms with Crippen LogP contribution in [0, 0.1) is 5.41 Å². The number of nitrogens with one attached hydrogen (secondary N) is 1. The first kappa shape index (κ1) is 17.8. The number of aromatic nitrogens is 1. The summed E-state index contributed by atoms with van der Waals surface area (Å²) in [5.74, 6) is -1.04. The number of alkyl halides is 2. The molecule has 0 aliphatic carbocycles. The molecule has 1 atom stereocenters. The van der Waals surface area contributed by atoms with E-state index in [2.05, 4.69) is 15.0 Å². The van der Waals surface area contributed by atoms with Crippen LogP contribution in [0.1, 0.15) is 13.3 Å². The molecule has 138 valence electrons. The van der Waals surface area contributed by atoms with Gasteiger partial charge in [-0.3, -0.25) is 9.78 Å². The van der Waals surface area contributed by atoms with E-state index in [0.29, 0.717) is 24.0 Å². The van der Waals surface area contributed by atoms with Gasteiger partial charge in [0, 0.05) is 24.7 Å². The van der Waals surface area contributed by atoms with Crippen molar-refractivity contribution < 1.29 is 28.2 Å². The third-order valence-corrected chi connectivity index (χ3v) is 4.47. The molecular weight excluding hydrogens is 348 g/mol. The number of nitrogens with zero attached hydrogens (tertiary/aromatic N) is 2. The van der Waals surface area contributed by atoms with Crippen LogP contribution in [0.3, 0.4) is 0 Å². The first-order valence-electron chi connectivity index (χ1n) is 7.92. The quantitative estimate of drug-likeness (QED) is 0.868. The number of fused-ring (bicyclic) bond motifs is 1. The fourth-order valence-corrected chi connectivity index (χ4v) is 2.95. The van der Waals surface area contributed by atoms with Gasteiger partial charge in [0.05, 0.1) is 11.1 Å². The van der Waals surface area contributed by atoms with Gasteiger partial charge in [-0.05, 0) is 37.6 Å². The number of rotatable bonds is 4. The summed E-state index contributed by atoms with van der Waals surface area (Å²) < 4.78 is 29.5. The summed E-state index contributed by atoms with van der Waals surface area (Å²) in [5.41, 5.74) is -0.401. The Kier molecular flexibility index (Phi) is 4.62. The van der Waals surface area contributed by atoms with Crippen molar-refractivity contribution in [2.24, 2.45) is 5.41 Å². The van der Waals surface area contributed by atoms with Crippen molar-refractivity contribution in [1.29, 1.82) is 0 Å². The molecule has 0 bridgehead atoms. The molecule has 2 amide bonds. The number of halogens is 2. The van der Waals surface area contributed by atoms with Crippen LogP contribution >= 0.6 is 0 Å². The van der Waals surface area contributed by atoms with Crippen molar-refractivity contribution in [3.63, 3.8) is 0 Å². The maximum atomic E-state index is 12.5. The zero-order chi connectivity index (χ0) is 18.9. The number of amides is 2. The monoisotopic (exact) mass is 365 g/mol. The minimum atomic E-state index is -2.99. The Hall–Kier alpha value is -2.97. The second-order valence-corrected chi connectivity index (χ2v) is 6.36. The number of aliphatic carboxylic acids is 1. The number of urea groups is 1. The van der Waals surface area contributed by atoms with E-state index in [9.17, 15) is 23.5 Å². The zero-order valence-corrected chi connectivity index (χ0v) is 13.9. The van der Waals surface area contributed by atoms with Gasteiger partial charge < -0.3 is 20.1 Å². The van der Waals surface area contributed by atoms with Gasteiger partial charge in [0.15, 0.2) is 5.75 Å². The Bertz CT molecular complexity index is 861. The molecule has 1 aromatic carbocycles. The second-order valence-electron chi connectivity index (χ2n) is 6.36. The van der Waals surface area contributed by atoms with Crippen molar-refractivity contribution in [1.82, 2.24) is 9.88 Å². The van der Waals surface area contributed by atoms with Gasteiger partial charge in [-0.25, -0.2) is 4.79 Å². The second kappa shape index (κ2) is 6.74. The van der Waals surface area contributed by atoms with Crippen molar-refractivity contribution in [3.05, 3.63) is 30.5 Å². The summed E-state index contributed by atoms with van der Waals surface area (Å²) in [7, 11) is 0. The average Bonchev–Trinajstić information content (AvgIpc) is 3.01. The molecule has 7 nitrogen and oxygen atoms in total. The van der Waals surface area contributed by atoms with Crippen molar-refractivity contribution in [2.45, 2.75) is 20.0 Å². The lowest BCUT2D eigenvalue weighted by atomic mass is 9.90. The molecule has 9 heteroatoms. The molecule has 1 saturated heterocycles. The zero-order valence-electron chi connectivity index (χ0n) is 13.9. The van der Waals surface area contributed by atoms with E-state index in [4.69, 9.17) is 0 Å². The summed E-state index contributed by atoms with van der Waals surface area (Å²) >= 11 is 0. The van der Waals surface area contributed by atoms with E-state index in [0.717, 1.165) is 0 Å². The molecule has 0 spiro atoms. The number of hydrogen-bond acceptors (Lipinski definition) is 4. The molecule has 1 aromatic heterocycles. The van der Waals surface area contributed by atoms with Gasteiger partial charge in [-0.2, -0.15) is 8.78 Å². The lowest BCUT2D eigenvalue weighted by Gasteiger charge is -2.21. The summed E-state index contributed by atoms with van der Waals surface area (Å²) in [5, 5.41) is 12.4. The third kappa shape index (κ3) is 3.37. The summed E-state index contributed by atoms with van der Waals surface area (Å²) in [6.45, 7) is -0.980. The Morgan fingerprint density at radius 1 is 1.38 bits per heavy atom. The molecule has 3 rings (SSSR count). The molecule has 2 aromatic rings. The molecule has 1 aliphatic rings. The predicted molar refractivity (Wildman–Crippen MR) is 89.3 cm³/mol. The fraction of sp³-hybridized carbons (Fsp3) is 0.353. The topological polar surface area (TPSA) is 91.8 Å². The summed E-state index contributed by atoms with van der Waals surface area (Å²) in [6, 6.07) is 5.54. The Morgan fingerprint density at radius 2 is 2.15 bits per heavy atom. The highest BCUT2D eigenvalue weighted by molar-refractivity contribution is 6.02. The number of benzene rings is 1. The van der Waals surface area contributed by atoms with Crippen LogP contribution in [0.15, 0.2) is 30.5 Å². The lowest BCUT2D eigenvalue weighted by Crippen LogP contribution is -2.37. The van der Waals surface area contributed by atoms with Gasteiger partial charge in [-0.1, -0.05) is 0 Å². The molecule has 2 N–H and O–H groups in total. The first-order chi connectivity index (χ1) is 12.3. The SMILES string of the molecule is CC1(C(=O)O)CCN(C(=O)Nc2ccc(OC(F)F)c3ncccc23)C1. The molecule has 1 aliphatic heterocycles. The van der Waals surface area contributed by atoms with Crippen LogP contribution in [-0.2, 0) is 4.79 Å². The predicted octanol–water partition coefficient (Wildman–Crippen LogP) is 3.16. The first-order valence-corrected chi connectivity index (χ1v) is 7.92. The van der Waals surface area contributed by atoms with Crippen LogP contribution < -0.4 is 10.1 Å². The van der Waals surface area contributed by atoms with Gasteiger partial charge in [-0.15, -0.1) is 0 Å². The Labute approximate surface area is 147 Å². The number of carbonyl (C=O) groups is 2. The number of carboxylic acids is 1. The van der Waals surface area contributed by atoms with E-state index < -0.39 is 24.0 Å². The van der Waals surface area contributed by atoms with Crippen LogP contribution in [0.25, 0.3) is 10.9 Å². The number of pyridine rings is 1. The van der Waals surface area contributed by atoms with E-state index in [-0.39, 0.29) is 17.8 Å². The molecule has 2 heterocycles. The van der Waals surface area contributed by atoms with Crippen LogP contribution in [0.2, 0.25) is 0 Å². The van der Waals surface area contributed by atoms with Gasteiger partial charge in [0.2, 0.25) is 0 Å². The van der Waals surface area contributed by atoms with E-state index in [1.165, 1.54) is 23.2 Å². The number of likely N-dealkylation sites (tertiary alicyclic amines) is 1. The molecule has 0 radical (unpaired) electrons. The largest absolute Gasteiger partial charge is 0.481 e. The highest BCUT2D eigenvalue weighted by Gasteiger charge is 2.42. The number of ether oxygens (including phenoxy) is 1. The lowest BCUT2D eigenvalue weighted by molar-refractivity contribution is -0.146. The number of carboxylic acid groups (broad SMARTS) is 1. The van der Waals surface area contributed by atoms with Crippen molar-refractivity contribution >= 4 is 28.6 Å². The maximum absolute atomic E-state index is 12.5. The van der Waals surface area contributed by atoms with Gasteiger partial charge >= 0.3 is 18.6 Å². The van der Waals surface area contributed by atoms with Crippen molar-refractivity contribution in [2.75, 3.05) is 18.4 Å². The van der Waals surface area contributed by atoms with Crippen LogP contribution in [-0.4, -0.2) is 46.7 Å². The Balaban J connectivity index is 1.83. The molecular formula is C17H17F2N3O4. The minimum Gasteiger partial charge on any atom is -0.481 e.